The number of piperidine rings is 2. The van der Waals surface area contributed by atoms with E-state index in [2.05, 4.69) is 73.2 Å². The summed E-state index contributed by atoms with van der Waals surface area (Å²) in [6, 6.07) is 17.1. The third-order valence-corrected chi connectivity index (χ3v) is 7.74. The molecule has 2 fully saturated rings. The first-order valence-corrected chi connectivity index (χ1v) is 10.6. The van der Waals surface area contributed by atoms with Crippen molar-refractivity contribution in [3.63, 3.8) is 0 Å². The fourth-order valence-electron chi connectivity index (χ4n) is 6.16. The summed E-state index contributed by atoms with van der Waals surface area (Å²) in [5.74, 6) is 0.768. The number of hydrogen-bond donors (Lipinski definition) is 0. The lowest BCUT2D eigenvalue weighted by Crippen LogP contribution is -2.64. The van der Waals surface area contributed by atoms with E-state index in [0.29, 0.717) is 11.5 Å². The molecule has 3 atom stereocenters. The van der Waals surface area contributed by atoms with E-state index in [1.807, 2.05) is 0 Å². The molecule has 2 aromatic carbocycles. The summed E-state index contributed by atoms with van der Waals surface area (Å²) in [6.07, 6.45) is 3.89. The van der Waals surface area contributed by atoms with Gasteiger partial charge in [0.15, 0.2) is 0 Å². The second-order valence-corrected chi connectivity index (χ2v) is 9.40. The molecule has 142 valence electrons. The smallest absolute Gasteiger partial charge is 0.0233 e. The fraction of sp³-hybridized carbons (Fsp3) is 0.520. The van der Waals surface area contributed by atoms with E-state index in [4.69, 9.17) is 0 Å². The lowest BCUT2D eigenvalue weighted by molar-refractivity contribution is -0.0296. The average molecular weight is 361 g/mol. The van der Waals surface area contributed by atoms with Crippen molar-refractivity contribution >= 4 is 0 Å². The number of rotatable bonds is 2. The molecule has 0 spiro atoms. The van der Waals surface area contributed by atoms with Crippen molar-refractivity contribution in [3.8, 4) is 0 Å². The minimum atomic E-state index is 0.417. The zero-order chi connectivity index (χ0) is 18.6. The molecule has 0 unspecified atom stereocenters. The molecule has 2 heteroatoms. The Hall–Kier alpha value is -1.64. The van der Waals surface area contributed by atoms with Crippen LogP contribution < -0.4 is 0 Å². The van der Waals surface area contributed by atoms with Gasteiger partial charge in [0, 0.05) is 24.5 Å². The van der Waals surface area contributed by atoms with Gasteiger partial charge >= 0.3 is 0 Å². The molecule has 3 aliphatic rings. The molecule has 0 radical (unpaired) electrons. The van der Waals surface area contributed by atoms with Crippen molar-refractivity contribution in [2.75, 3.05) is 26.7 Å². The molecule has 0 amide bonds. The van der Waals surface area contributed by atoms with Crippen LogP contribution in [0.5, 0.6) is 0 Å². The van der Waals surface area contributed by atoms with Crippen LogP contribution in [0.1, 0.15) is 40.7 Å². The van der Waals surface area contributed by atoms with Crippen molar-refractivity contribution in [1.82, 2.24) is 9.80 Å². The number of likely N-dealkylation sites (tertiary alicyclic amines) is 2. The Kier molecular flexibility index (Phi) is 4.18. The van der Waals surface area contributed by atoms with Gasteiger partial charge in [0.25, 0.3) is 0 Å². The summed E-state index contributed by atoms with van der Waals surface area (Å²) in [4.78, 5) is 5.38. The van der Waals surface area contributed by atoms with Gasteiger partial charge in [0.05, 0.1) is 0 Å². The Morgan fingerprint density at radius 1 is 0.963 bits per heavy atom. The van der Waals surface area contributed by atoms with Gasteiger partial charge in [-0.2, -0.15) is 0 Å². The molecule has 27 heavy (non-hydrogen) atoms. The topological polar surface area (TPSA) is 6.48 Å². The quantitative estimate of drug-likeness (QED) is 0.787. The van der Waals surface area contributed by atoms with Crippen LogP contribution in [0.2, 0.25) is 0 Å². The van der Waals surface area contributed by atoms with Crippen LogP contribution in [0, 0.1) is 19.8 Å². The molecule has 2 aromatic rings. The zero-order valence-electron chi connectivity index (χ0n) is 17.0. The van der Waals surface area contributed by atoms with Crippen LogP contribution in [0.25, 0.3) is 0 Å². The number of fused-ring (bicyclic) bond motifs is 1. The third kappa shape index (κ3) is 2.85. The Balaban J connectivity index is 1.46. The first-order valence-electron chi connectivity index (χ1n) is 10.6. The molecular formula is C25H32N2. The highest BCUT2D eigenvalue weighted by Crippen LogP contribution is 2.53. The highest BCUT2D eigenvalue weighted by Gasteiger charge is 2.54. The second-order valence-electron chi connectivity index (χ2n) is 9.40. The second kappa shape index (κ2) is 6.46. The van der Waals surface area contributed by atoms with Crippen molar-refractivity contribution in [1.29, 1.82) is 0 Å². The number of hydrogen-bond acceptors (Lipinski definition) is 2. The van der Waals surface area contributed by atoms with Crippen LogP contribution in [0.4, 0.5) is 0 Å². The maximum Gasteiger partial charge on any atom is 0.0233 e. The summed E-state index contributed by atoms with van der Waals surface area (Å²) in [6.45, 7) is 9.27. The predicted molar refractivity (Wildman–Crippen MR) is 112 cm³/mol. The van der Waals surface area contributed by atoms with E-state index in [1.165, 1.54) is 55.6 Å². The molecular weight excluding hydrogens is 328 g/mol. The van der Waals surface area contributed by atoms with Gasteiger partial charge < -0.3 is 4.90 Å². The van der Waals surface area contributed by atoms with E-state index in [1.54, 1.807) is 11.1 Å². The summed E-state index contributed by atoms with van der Waals surface area (Å²) >= 11 is 0. The number of likely N-dealkylation sites (N-methyl/N-ethyl adjacent to an activating group) is 1. The maximum absolute atomic E-state index is 2.72. The number of benzene rings is 2. The predicted octanol–water partition coefficient (Wildman–Crippen LogP) is 4.32. The molecule has 2 nitrogen and oxygen atoms in total. The number of aryl methyl sites for hydroxylation is 2. The molecule has 1 aliphatic carbocycles. The molecule has 5 rings (SSSR count). The van der Waals surface area contributed by atoms with Gasteiger partial charge in [0.1, 0.15) is 0 Å². The van der Waals surface area contributed by atoms with Crippen molar-refractivity contribution in [2.24, 2.45) is 5.92 Å². The van der Waals surface area contributed by atoms with Gasteiger partial charge in [-0.05, 0) is 75.9 Å². The summed E-state index contributed by atoms with van der Waals surface area (Å²) in [7, 11) is 2.35. The molecule has 2 aliphatic heterocycles. The minimum Gasteiger partial charge on any atom is -0.303 e. The highest BCUT2D eigenvalue weighted by molar-refractivity contribution is 5.43. The summed E-state index contributed by atoms with van der Waals surface area (Å²) in [5.41, 5.74) is 7.99. The Labute approximate surface area is 164 Å². The minimum absolute atomic E-state index is 0.417. The van der Waals surface area contributed by atoms with Gasteiger partial charge in [-0.25, -0.2) is 0 Å². The third-order valence-electron chi connectivity index (χ3n) is 7.74. The average Bonchev–Trinajstić information content (AvgIpc) is 2.67. The molecule has 0 saturated carbocycles. The maximum atomic E-state index is 2.72. The Bertz CT molecular complexity index is 840. The van der Waals surface area contributed by atoms with Gasteiger partial charge in [-0.1, -0.05) is 53.6 Å². The largest absolute Gasteiger partial charge is 0.303 e. The van der Waals surface area contributed by atoms with E-state index < -0.39 is 0 Å². The van der Waals surface area contributed by atoms with Gasteiger partial charge in [-0.15, -0.1) is 0 Å². The molecule has 2 bridgehead atoms. The fourth-order valence-corrected chi connectivity index (χ4v) is 6.16. The standard InChI is InChI=1S/C25H32N2/c1-18-4-7-20(8-5-18)16-27-13-11-25-10-12-26(3)24(23(25)17-27)15-21-9-6-19(2)14-22(21)25/h4-9,14,23-24H,10-13,15-17H2,1-3H3/t23-,24+,25+/m0/s1. The van der Waals surface area contributed by atoms with Crippen LogP contribution >= 0.6 is 0 Å². The lowest BCUT2D eigenvalue weighted by Gasteiger charge is -2.60. The van der Waals surface area contributed by atoms with E-state index in [0.717, 1.165) is 12.5 Å². The van der Waals surface area contributed by atoms with E-state index in [9.17, 15) is 0 Å². The SMILES string of the molecule is Cc1ccc(CN2CC[C@]34CCN(C)[C@H](Cc5ccc(C)cc53)[C@@H]4C2)cc1. The van der Waals surface area contributed by atoms with Crippen LogP contribution in [-0.2, 0) is 18.4 Å². The van der Waals surface area contributed by atoms with Crippen LogP contribution in [0.15, 0.2) is 42.5 Å². The number of nitrogens with zero attached hydrogens (tertiary/aromatic N) is 2. The van der Waals surface area contributed by atoms with Crippen molar-refractivity contribution in [2.45, 2.75) is 51.1 Å². The first kappa shape index (κ1) is 17.5. The molecule has 2 saturated heterocycles. The zero-order valence-corrected chi connectivity index (χ0v) is 17.0. The van der Waals surface area contributed by atoms with Gasteiger partial charge in [0.2, 0.25) is 0 Å². The summed E-state index contributed by atoms with van der Waals surface area (Å²) < 4.78 is 0. The van der Waals surface area contributed by atoms with Crippen LogP contribution in [-0.4, -0.2) is 42.5 Å². The van der Waals surface area contributed by atoms with E-state index >= 15 is 0 Å². The lowest BCUT2D eigenvalue weighted by atomic mass is 9.54. The van der Waals surface area contributed by atoms with E-state index in [-0.39, 0.29) is 0 Å². The molecule has 2 heterocycles. The Morgan fingerprint density at radius 2 is 1.70 bits per heavy atom. The van der Waals surface area contributed by atoms with Gasteiger partial charge in [-0.3, -0.25) is 4.90 Å². The monoisotopic (exact) mass is 360 g/mol. The molecule has 0 N–H and O–H groups in total. The molecule has 0 aromatic heterocycles. The van der Waals surface area contributed by atoms with Crippen LogP contribution in [0.3, 0.4) is 0 Å². The normalized spacial score (nSPS) is 30.6. The van der Waals surface area contributed by atoms with Crippen molar-refractivity contribution in [3.05, 3.63) is 70.3 Å². The first-order chi connectivity index (χ1) is 13.0. The highest BCUT2D eigenvalue weighted by atomic mass is 15.2. The van der Waals surface area contributed by atoms with Crippen molar-refractivity contribution < 1.29 is 0 Å². The summed E-state index contributed by atoms with van der Waals surface area (Å²) in [5, 5.41) is 0. The Morgan fingerprint density at radius 3 is 2.52 bits per heavy atom.